The SMILES string of the molecule is COCCCN(Cc1ccsc1)Cc1ccc(C(O)(c2ccc(OC)cc2)c2ccc(OC)cc2)o1. The van der Waals surface area contributed by atoms with Crippen molar-refractivity contribution in [1.82, 2.24) is 4.90 Å². The van der Waals surface area contributed by atoms with Crippen LogP contribution in [-0.4, -0.2) is 44.5 Å². The predicted octanol–water partition coefficient (Wildman–Crippen LogP) is 5.68. The van der Waals surface area contributed by atoms with Crippen LogP contribution in [0.15, 0.2) is 81.9 Å². The van der Waals surface area contributed by atoms with Gasteiger partial charge in [0.1, 0.15) is 23.0 Å². The first-order valence-corrected chi connectivity index (χ1v) is 12.8. The van der Waals surface area contributed by atoms with Crippen molar-refractivity contribution < 1.29 is 23.7 Å². The molecule has 0 atom stereocenters. The van der Waals surface area contributed by atoms with Crippen LogP contribution in [0.3, 0.4) is 0 Å². The molecule has 0 aliphatic heterocycles. The van der Waals surface area contributed by atoms with Crippen molar-refractivity contribution in [2.75, 3.05) is 34.5 Å². The van der Waals surface area contributed by atoms with Crippen LogP contribution in [0, 0.1) is 0 Å². The van der Waals surface area contributed by atoms with E-state index in [-0.39, 0.29) is 0 Å². The van der Waals surface area contributed by atoms with Gasteiger partial charge in [0.2, 0.25) is 0 Å². The molecule has 7 heteroatoms. The minimum Gasteiger partial charge on any atom is -0.497 e. The van der Waals surface area contributed by atoms with Crippen LogP contribution < -0.4 is 9.47 Å². The van der Waals surface area contributed by atoms with Gasteiger partial charge in [-0.05, 0) is 76.3 Å². The Morgan fingerprint density at radius 1 is 0.833 bits per heavy atom. The van der Waals surface area contributed by atoms with Gasteiger partial charge in [0, 0.05) is 26.8 Å². The third-order valence-corrected chi connectivity index (χ3v) is 6.95. The molecule has 36 heavy (non-hydrogen) atoms. The van der Waals surface area contributed by atoms with Gasteiger partial charge in [-0.3, -0.25) is 4.90 Å². The fourth-order valence-electron chi connectivity index (χ4n) is 4.28. The molecule has 0 aliphatic carbocycles. The van der Waals surface area contributed by atoms with Gasteiger partial charge in [0.15, 0.2) is 5.60 Å². The first-order chi connectivity index (χ1) is 17.6. The molecule has 2 heterocycles. The highest BCUT2D eigenvalue weighted by molar-refractivity contribution is 7.07. The zero-order chi connectivity index (χ0) is 25.4. The summed E-state index contributed by atoms with van der Waals surface area (Å²) in [5, 5.41) is 16.4. The molecule has 0 unspecified atom stereocenters. The molecule has 0 bridgehead atoms. The average molecular weight is 508 g/mol. The molecule has 0 fully saturated rings. The van der Waals surface area contributed by atoms with E-state index in [9.17, 15) is 5.11 Å². The van der Waals surface area contributed by atoms with E-state index in [0.29, 0.717) is 30.0 Å². The predicted molar refractivity (Wildman–Crippen MR) is 142 cm³/mol. The molecule has 190 valence electrons. The summed E-state index contributed by atoms with van der Waals surface area (Å²) in [5.41, 5.74) is 1.16. The third-order valence-electron chi connectivity index (χ3n) is 6.22. The highest BCUT2D eigenvalue weighted by Gasteiger charge is 2.37. The van der Waals surface area contributed by atoms with Crippen molar-refractivity contribution in [2.45, 2.75) is 25.1 Å². The number of hydrogen-bond acceptors (Lipinski definition) is 7. The van der Waals surface area contributed by atoms with Crippen LogP contribution >= 0.6 is 11.3 Å². The quantitative estimate of drug-likeness (QED) is 0.235. The van der Waals surface area contributed by atoms with Crippen molar-refractivity contribution in [3.63, 3.8) is 0 Å². The number of ether oxygens (including phenoxy) is 3. The van der Waals surface area contributed by atoms with Crippen LogP contribution in [0.5, 0.6) is 11.5 Å². The Kier molecular flexibility index (Phi) is 8.83. The molecule has 6 nitrogen and oxygen atoms in total. The number of benzene rings is 2. The Hall–Kier alpha value is -3.10. The molecular weight excluding hydrogens is 474 g/mol. The molecule has 0 saturated carbocycles. The molecule has 0 aliphatic rings. The summed E-state index contributed by atoms with van der Waals surface area (Å²) in [6.07, 6.45) is 0.926. The van der Waals surface area contributed by atoms with Gasteiger partial charge in [-0.1, -0.05) is 24.3 Å². The molecule has 2 aromatic heterocycles. The Morgan fingerprint density at radius 2 is 1.47 bits per heavy atom. The first kappa shape index (κ1) is 26.0. The summed E-state index contributed by atoms with van der Waals surface area (Å²) < 4.78 is 22.2. The monoisotopic (exact) mass is 507 g/mol. The Bertz CT molecular complexity index is 1140. The topological polar surface area (TPSA) is 64.3 Å². The van der Waals surface area contributed by atoms with Crippen molar-refractivity contribution in [2.24, 2.45) is 0 Å². The number of nitrogens with zero attached hydrogens (tertiary/aromatic N) is 1. The van der Waals surface area contributed by atoms with Gasteiger partial charge < -0.3 is 23.7 Å². The molecule has 4 aromatic rings. The van der Waals surface area contributed by atoms with E-state index >= 15 is 0 Å². The average Bonchev–Trinajstić information content (AvgIpc) is 3.61. The second-order valence-corrected chi connectivity index (χ2v) is 9.40. The fraction of sp³-hybridized carbons (Fsp3) is 0.310. The van der Waals surface area contributed by atoms with Gasteiger partial charge >= 0.3 is 0 Å². The number of rotatable bonds is 13. The number of methoxy groups -OCH3 is 3. The van der Waals surface area contributed by atoms with Crippen LogP contribution in [0.4, 0.5) is 0 Å². The summed E-state index contributed by atoms with van der Waals surface area (Å²) in [7, 11) is 4.97. The lowest BCUT2D eigenvalue weighted by Crippen LogP contribution is -2.28. The first-order valence-electron chi connectivity index (χ1n) is 11.9. The molecule has 1 N–H and O–H groups in total. The highest BCUT2D eigenvalue weighted by atomic mass is 32.1. The van der Waals surface area contributed by atoms with E-state index in [1.807, 2.05) is 60.7 Å². The van der Waals surface area contributed by atoms with E-state index < -0.39 is 5.60 Å². The molecule has 0 amide bonds. The summed E-state index contributed by atoms with van der Waals surface area (Å²) in [6.45, 7) is 3.03. The van der Waals surface area contributed by atoms with E-state index in [1.165, 1.54) is 5.56 Å². The normalized spacial score (nSPS) is 11.7. The largest absolute Gasteiger partial charge is 0.497 e. The standard InChI is InChI=1S/C29H33NO5S/c1-32-17-4-16-30(19-22-15-18-36-21-22)20-27-13-14-28(35-27)29(31,23-5-9-25(33-2)10-6-23)24-7-11-26(34-3)12-8-24/h5-15,18,21,31H,4,16-17,19-20H2,1-3H3. The molecule has 0 spiro atoms. The molecule has 2 aromatic carbocycles. The maximum atomic E-state index is 12.2. The van der Waals surface area contributed by atoms with Gasteiger partial charge in [0.25, 0.3) is 0 Å². The second kappa shape index (κ2) is 12.2. The summed E-state index contributed by atoms with van der Waals surface area (Å²) in [5.74, 6) is 2.69. The van der Waals surface area contributed by atoms with Gasteiger partial charge in [-0.15, -0.1) is 0 Å². The van der Waals surface area contributed by atoms with E-state index in [4.69, 9.17) is 18.6 Å². The smallest absolute Gasteiger partial charge is 0.173 e. The number of thiophene rings is 1. The van der Waals surface area contributed by atoms with Gasteiger partial charge in [0.05, 0.1) is 20.8 Å². The molecular formula is C29H33NO5S. The Balaban J connectivity index is 1.64. The highest BCUT2D eigenvalue weighted by Crippen LogP contribution is 2.39. The lowest BCUT2D eigenvalue weighted by molar-refractivity contribution is 0.0946. The zero-order valence-corrected chi connectivity index (χ0v) is 21.8. The van der Waals surface area contributed by atoms with E-state index in [2.05, 4.69) is 21.7 Å². The van der Waals surface area contributed by atoms with Gasteiger partial charge in [-0.25, -0.2) is 0 Å². The van der Waals surface area contributed by atoms with Crippen LogP contribution in [0.1, 0.15) is 34.6 Å². The maximum Gasteiger partial charge on any atom is 0.173 e. The lowest BCUT2D eigenvalue weighted by Gasteiger charge is -2.28. The number of furan rings is 1. The molecule has 0 radical (unpaired) electrons. The summed E-state index contributed by atoms with van der Waals surface area (Å²) in [6, 6.07) is 20.8. The minimum absolute atomic E-state index is 0.459. The fourth-order valence-corrected chi connectivity index (χ4v) is 4.94. The van der Waals surface area contributed by atoms with Crippen LogP contribution in [0.25, 0.3) is 0 Å². The van der Waals surface area contributed by atoms with Crippen molar-refractivity contribution in [3.05, 3.63) is 106 Å². The van der Waals surface area contributed by atoms with E-state index in [1.54, 1.807) is 32.7 Å². The lowest BCUT2D eigenvalue weighted by atomic mass is 9.84. The Labute approximate surface area is 216 Å². The van der Waals surface area contributed by atoms with E-state index in [0.717, 1.165) is 36.8 Å². The third kappa shape index (κ3) is 5.99. The van der Waals surface area contributed by atoms with Crippen LogP contribution in [-0.2, 0) is 23.4 Å². The number of hydrogen-bond donors (Lipinski definition) is 1. The second-order valence-electron chi connectivity index (χ2n) is 8.62. The molecule has 4 rings (SSSR count). The zero-order valence-electron chi connectivity index (χ0n) is 21.0. The van der Waals surface area contributed by atoms with Crippen molar-refractivity contribution >= 4 is 11.3 Å². The number of aliphatic hydroxyl groups is 1. The summed E-state index contributed by atoms with van der Waals surface area (Å²) >= 11 is 1.70. The Morgan fingerprint density at radius 3 is 2.00 bits per heavy atom. The van der Waals surface area contributed by atoms with Gasteiger partial charge in [-0.2, -0.15) is 11.3 Å². The summed E-state index contributed by atoms with van der Waals surface area (Å²) in [4.78, 5) is 2.34. The molecule has 0 saturated heterocycles. The van der Waals surface area contributed by atoms with Crippen molar-refractivity contribution in [3.8, 4) is 11.5 Å². The maximum absolute atomic E-state index is 12.2. The minimum atomic E-state index is -1.48. The van der Waals surface area contributed by atoms with Crippen LogP contribution in [0.2, 0.25) is 0 Å². The van der Waals surface area contributed by atoms with Crippen molar-refractivity contribution in [1.29, 1.82) is 0 Å².